The van der Waals surface area contributed by atoms with E-state index in [0.29, 0.717) is 6.10 Å². The molecule has 3 heteroatoms. The highest BCUT2D eigenvalue weighted by molar-refractivity contribution is 7.99. The van der Waals surface area contributed by atoms with E-state index >= 15 is 0 Å². The molecule has 0 bridgehead atoms. The van der Waals surface area contributed by atoms with E-state index in [1.807, 2.05) is 17.8 Å². The van der Waals surface area contributed by atoms with Crippen LogP contribution in [0.1, 0.15) is 18.9 Å². The van der Waals surface area contributed by atoms with Crippen LogP contribution in [0.2, 0.25) is 0 Å². The van der Waals surface area contributed by atoms with Crippen molar-refractivity contribution in [1.82, 2.24) is 5.32 Å². The van der Waals surface area contributed by atoms with Crippen molar-refractivity contribution in [3.63, 3.8) is 0 Å². The van der Waals surface area contributed by atoms with E-state index < -0.39 is 0 Å². The standard InChI is InChI=1S/C14H21NOS/c1-2-17-9-5-8-15-11-13-10-12-6-3-4-7-14(12)16-13/h3-4,6-7,13,15H,2,5,8-11H2,1H3. The largest absolute Gasteiger partial charge is 0.488 e. The van der Waals surface area contributed by atoms with Crippen LogP contribution in [0.4, 0.5) is 0 Å². The second kappa shape index (κ2) is 6.92. The Morgan fingerprint density at radius 2 is 2.29 bits per heavy atom. The minimum atomic E-state index is 0.325. The summed E-state index contributed by atoms with van der Waals surface area (Å²) < 4.78 is 5.87. The van der Waals surface area contributed by atoms with Crippen molar-refractivity contribution in [1.29, 1.82) is 0 Å². The third-order valence-electron chi connectivity index (χ3n) is 2.93. The maximum atomic E-state index is 5.87. The number of thioether (sulfide) groups is 1. The highest BCUT2D eigenvalue weighted by Gasteiger charge is 2.21. The molecule has 17 heavy (non-hydrogen) atoms. The molecule has 1 atom stereocenters. The van der Waals surface area contributed by atoms with Crippen molar-refractivity contribution in [2.24, 2.45) is 0 Å². The Bertz CT molecular complexity index is 318. The summed E-state index contributed by atoms with van der Waals surface area (Å²) in [5.41, 5.74) is 1.35. The van der Waals surface area contributed by atoms with Crippen molar-refractivity contribution >= 4 is 11.8 Å². The maximum absolute atomic E-state index is 5.87. The average molecular weight is 251 g/mol. The highest BCUT2D eigenvalue weighted by atomic mass is 32.2. The van der Waals surface area contributed by atoms with Gasteiger partial charge >= 0.3 is 0 Å². The molecule has 0 radical (unpaired) electrons. The van der Waals surface area contributed by atoms with Crippen LogP contribution in [0.3, 0.4) is 0 Å². The molecule has 94 valence electrons. The number of ether oxygens (including phenoxy) is 1. The van der Waals surface area contributed by atoms with Gasteiger partial charge in [-0.15, -0.1) is 0 Å². The molecule has 2 nitrogen and oxygen atoms in total. The normalized spacial score (nSPS) is 17.8. The molecule has 2 rings (SSSR count). The summed E-state index contributed by atoms with van der Waals surface area (Å²) in [4.78, 5) is 0. The Labute approximate surface area is 108 Å². The van der Waals surface area contributed by atoms with Crippen LogP contribution < -0.4 is 10.1 Å². The van der Waals surface area contributed by atoms with Crippen LogP contribution in [0.25, 0.3) is 0 Å². The number of rotatable bonds is 7. The summed E-state index contributed by atoms with van der Waals surface area (Å²) in [6.07, 6.45) is 2.62. The van der Waals surface area contributed by atoms with Gasteiger partial charge in [-0.2, -0.15) is 11.8 Å². The van der Waals surface area contributed by atoms with Gasteiger partial charge in [-0.1, -0.05) is 25.1 Å². The Morgan fingerprint density at radius 3 is 3.12 bits per heavy atom. The van der Waals surface area contributed by atoms with Crippen molar-refractivity contribution in [3.8, 4) is 5.75 Å². The van der Waals surface area contributed by atoms with Gasteiger partial charge in [0.25, 0.3) is 0 Å². The molecule has 0 aromatic heterocycles. The zero-order valence-corrected chi connectivity index (χ0v) is 11.3. The van der Waals surface area contributed by atoms with Gasteiger partial charge in [0, 0.05) is 13.0 Å². The molecule has 1 aromatic carbocycles. The van der Waals surface area contributed by atoms with Crippen LogP contribution >= 0.6 is 11.8 Å². The number of nitrogens with one attached hydrogen (secondary N) is 1. The lowest BCUT2D eigenvalue weighted by molar-refractivity contribution is 0.228. The van der Waals surface area contributed by atoms with Gasteiger partial charge < -0.3 is 10.1 Å². The Morgan fingerprint density at radius 1 is 1.41 bits per heavy atom. The molecule has 0 fully saturated rings. The first-order valence-electron chi connectivity index (χ1n) is 6.43. The first-order chi connectivity index (χ1) is 8.40. The number of benzene rings is 1. The Balaban J connectivity index is 1.60. The lowest BCUT2D eigenvalue weighted by atomic mass is 10.1. The van der Waals surface area contributed by atoms with Crippen LogP contribution in [0, 0.1) is 0 Å². The predicted molar refractivity (Wildman–Crippen MR) is 75.0 cm³/mol. The van der Waals surface area contributed by atoms with Gasteiger partial charge in [0.2, 0.25) is 0 Å². The van der Waals surface area contributed by atoms with E-state index in [9.17, 15) is 0 Å². The van der Waals surface area contributed by atoms with Crippen LogP contribution in [-0.4, -0.2) is 30.7 Å². The van der Waals surface area contributed by atoms with Crippen molar-refractivity contribution in [2.45, 2.75) is 25.9 Å². The number of para-hydroxylation sites is 1. The van der Waals surface area contributed by atoms with Crippen molar-refractivity contribution in [3.05, 3.63) is 29.8 Å². The van der Waals surface area contributed by atoms with Crippen molar-refractivity contribution in [2.75, 3.05) is 24.6 Å². The third-order valence-corrected chi connectivity index (χ3v) is 3.92. The minimum Gasteiger partial charge on any atom is -0.488 e. The second-order valence-corrected chi connectivity index (χ2v) is 5.70. The van der Waals surface area contributed by atoms with E-state index in [0.717, 1.165) is 25.3 Å². The fourth-order valence-corrected chi connectivity index (χ4v) is 2.71. The predicted octanol–water partition coefficient (Wildman–Crippen LogP) is 2.72. The lowest BCUT2D eigenvalue weighted by Gasteiger charge is -2.11. The molecule has 0 amide bonds. The third kappa shape index (κ3) is 3.93. The summed E-state index contributed by atoms with van der Waals surface area (Å²) >= 11 is 2.01. The van der Waals surface area contributed by atoms with Crippen LogP contribution in [-0.2, 0) is 6.42 Å². The number of hydrogen-bond acceptors (Lipinski definition) is 3. The van der Waals surface area contributed by atoms with Gasteiger partial charge in [0.05, 0.1) is 0 Å². The van der Waals surface area contributed by atoms with Crippen molar-refractivity contribution < 1.29 is 4.74 Å². The maximum Gasteiger partial charge on any atom is 0.123 e. The number of hydrogen-bond donors (Lipinski definition) is 1. The van der Waals surface area contributed by atoms with E-state index in [1.165, 1.54) is 23.5 Å². The molecule has 1 aliphatic rings. The Hall–Kier alpha value is -0.670. The second-order valence-electron chi connectivity index (χ2n) is 4.31. The van der Waals surface area contributed by atoms with Crippen LogP contribution in [0.5, 0.6) is 5.75 Å². The number of fused-ring (bicyclic) bond motifs is 1. The van der Waals surface area contributed by atoms with Gasteiger partial charge in [-0.25, -0.2) is 0 Å². The zero-order chi connectivity index (χ0) is 11.9. The molecule has 1 N–H and O–H groups in total. The molecule has 0 aliphatic carbocycles. The zero-order valence-electron chi connectivity index (χ0n) is 10.4. The molecule has 1 aliphatic heterocycles. The van der Waals surface area contributed by atoms with E-state index in [1.54, 1.807) is 0 Å². The molecular formula is C14H21NOS. The van der Waals surface area contributed by atoms with E-state index in [4.69, 9.17) is 4.74 Å². The molecular weight excluding hydrogens is 230 g/mol. The first kappa shape index (κ1) is 12.8. The summed E-state index contributed by atoms with van der Waals surface area (Å²) in [7, 11) is 0. The van der Waals surface area contributed by atoms with E-state index in [-0.39, 0.29) is 0 Å². The van der Waals surface area contributed by atoms with Gasteiger partial charge in [-0.3, -0.25) is 0 Å². The fraction of sp³-hybridized carbons (Fsp3) is 0.571. The van der Waals surface area contributed by atoms with E-state index in [2.05, 4.69) is 30.4 Å². The smallest absolute Gasteiger partial charge is 0.123 e. The molecule has 1 aromatic rings. The summed E-state index contributed by atoms with van der Waals surface area (Å²) in [6, 6.07) is 8.34. The minimum absolute atomic E-state index is 0.325. The summed E-state index contributed by atoms with van der Waals surface area (Å²) in [5, 5.41) is 3.48. The van der Waals surface area contributed by atoms with Crippen LogP contribution in [0.15, 0.2) is 24.3 Å². The topological polar surface area (TPSA) is 21.3 Å². The molecule has 0 spiro atoms. The molecule has 1 heterocycles. The van der Waals surface area contributed by atoms with Gasteiger partial charge in [0.1, 0.15) is 11.9 Å². The summed E-state index contributed by atoms with van der Waals surface area (Å²) in [5.74, 6) is 3.55. The van der Waals surface area contributed by atoms with Gasteiger partial charge in [-0.05, 0) is 36.1 Å². The lowest BCUT2D eigenvalue weighted by Crippen LogP contribution is -2.30. The average Bonchev–Trinajstić information content (AvgIpc) is 2.76. The van der Waals surface area contributed by atoms with Gasteiger partial charge in [0.15, 0.2) is 0 Å². The highest BCUT2D eigenvalue weighted by Crippen LogP contribution is 2.27. The quantitative estimate of drug-likeness (QED) is 0.753. The molecule has 0 saturated heterocycles. The SMILES string of the molecule is CCSCCCNCC1Cc2ccccc2O1. The monoisotopic (exact) mass is 251 g/mol. The fourth-order valence-electron chi connectivity index (χ4n) is 2.07. The first-order valence-corrected chi connectivity index (χ1v) is 7.58. The Kier molecular flexibility index (Phi) is 5.20. The molecule has 1 unspecified atom stereocenters. The summed E-state index contributed by atoms with van der Waals surface area (Å²) in [6.45, 7) is 4.27. The molecule has 0 saturated carbocycles.